The van der Waals surface area contributed by atoms with Crippen LogP contribution in [0.4, 0.5) is 5.69 Å². The third-order valence-electron chi connectivity index (χ3n) is 6.38. The second-order valence-electron chi connectivity index (χ2n) is 8.81. The molecule has 0 radical (unpaired) electrons. The van der Waals surface area contributed by atoms with Gasteiger partial charge in [-0.05, 0) is 61.4 Å². The van der Waals surface area contributed by atoms with Crippen LogP contribution in [0.15, 0.2) is 53.4 Å². The second kappa shape index (κ2) is 9.66. The zero-order valence-corrected chi connectivity index (χ0v) is 19.6. The maximum Gasteiger partial charge on any atom is 0.241 e. The summed E-state index contributed by atoms with van der Waals surface area (Å²) in [6, 6.07) is 15.7. The van der Waals surface area contributed by atoms with Crippen LogP contribution >= 0.6 is 23.4 Å². The number of anilines is 1. The summed E-state index contributed by atoms with van der Waals surface area (Å²) in [6.07, 6.45) is 4.35. The number of para-hydroxylation sites is 1. The Labute approximate surface area is 193 Å². The molecule has 2 aromatic carbocycles. The van der Waals surface area contributed by atoms with E-state index in [9.17, 15) is 9.59 Å². The normalized spacial score (nSPS) is 24.4. The number of carbonyl (C=O) groups excluding carboxylic acids is 2. The van der Waals surface area contributed by atoms with Crippen molar-refractivity contribution >= 4 is 40.9 Å². The summed E-state index contributed by atoms with van der Waals surface area (Å²) in [4.78, 5) is 29.4. The lowest BCUT2D eigenvalue weighted by atomic mass is 9.87. The number of halogens is 1. The fourth-order valence-corrected chi connectivity index (χ4v) is 5.91. The van der Waals surface area contributed by atoms with E-state index in [0.717, 1.165) is 47.7 Å². The molecule has 6 heteroatoms. The van der Waals surface area contributed by atoms with Crippen LogP contribution in [-0.4, -0.2) is 23.1 Å². The molecule has 2 atom stereocenters. The molecule has 2 aromatic rings. The summed E-state index contributed by atoms with van der Waals surface area (Å²) in [7, 11) is 0. The van der Waals surface area contributed by atoms with Gasteiger partial charge in [0.05, 0.1) is 18.2 Å². The highest BCUT2D eigenvalue weighted by atomic mass is 35.5. The Bertz CT molecular complexity index is 958. The van der Waals surface area contributed by atoms with E-state index in [4.69, 9.17) is 11.6 Å². The number of nitrogens with zero attached hydrogens (tertiary/aromatic N) is 1. The molecule has 1 aliphatic heterocycles. The number of carbonyl (C=O) groups is 2. The average Bonchev–Trinajstić information content (AvgIpc) is 2.76. The van der Waals surface area contributed by atoms with Crippen LogP contribution in [0, 0.1) is 11.8 Å². The fraction of sp³-hybridized carbons (Fsp3) is 0.440. The molecule has 1 saturated carbocycles. The molecule has 1 heterocycles. The van der Waals surface area contributed by atoms with Gasteiger partial charge in [-0.3, -0.25) is 9.59 Å². The van der Waals surface area contributed by atoms with Crippen molar-refractivity contribution in [2.24, 2.45) is 11.8 Å². The van der Waals surface area contributed by atoms with Gasteiger partial charge in [-0.2, -0.15) is 0 Å². The van der Waals surface area contributed by atoms with Crippen molar-refractivity contribution in [3.63, 3.8) is 0 Å². The summed E-state index contributed by atoms with van der Waals surface area (Å²) < 4.78 is 0. The Balaban J connectivity index is 1.53. The van der Waals surface area contributed by atoms with Crippen molar-refractivity contribution in [3.8, 4) is 0 Å². The molecule has 1 N–H and O–H groups in total. The SMILES string of the molecule is CC1CCC(NC(=O)[C@H](C)[C@@H]2Sc3ccccc3N(Cc3cccc(Cl)c3)C2=O)CC1. The lowest BCUT2D eigenvalue weighted by molar-refractivity contribution is -0.129. The molecule has 4 nitrogen and oxygen atoms in total. The number of amides is 2. The number of thioether (sulfide) groups is 1. The van der Waals surface area contributed by atoms with E-state index >= 15 is 0 Å². The van der Waals surface area contributed by atoms with Crippen molar-refractivity contribution < 1.29 is 9.59 Å². The molecule has 164 valence electrons. The first-order chi connectivity index (χ1) is 14.9. The van der Waals surface area contributed by atoms with Crippen LogP contribution in [0.1, 0.15) is 45.1 Å². The minimum Gasteiger partial charge on any atom is -0.353 e. The monoisotopic (exact) mass is 456 g/mol. The zero-order chi connectivity index (χ0) is 22.0. The van der Waals surface area contributed by atoms with Gasteiger partial charge in [0.1, 0.15) is 5.25 Å². The third-order valence-corrected chi connectivity index (χ3v) is 8.08. The Morgan fingerprint density at radius 3 is 2.65 bits per heavy atom. The van der Waals surface area contributed by atoms with Crippen LogP contribution in [0.5, 0.6) is 0 Å². The van der Waals surface area contributed by atoms with Crippen molar-refractivity contribution in [2.45, 2.75) is 62.3 Å². The molecule has 0 saturated heterocycles. The average molecular weight is 457 g/mol. The van der Waals surface area contributed by atoms with Gasteiger partial charge in [0, 0.05) is 16.0 Å². The summed E-state index contributed by atoms with van der Waals surface area (Å²) in [5, 5.41) is 3.41. The number of fused-ring (bicyclic) bond motifs is 1. The first-order valence-electron chi connectivity index (χ1n) is 11.0. The molecular weight excluding hydrogens is 428 g/mol. The molecule has 0 bridgehead atoms. The molecule has 0 aromatic heterocycles. The van der Waals surface area contributed by atoms with Crippen molar-refractivity contribution in [1.82, 2.24) is 5.32 Å². The first-order valence-corrected chi connectivity index (χ1v) is 12.3. The predicted molar refractivity (Wildman–Crippen MR) is 127 cm³/mol. The highest BCUT2D eigenvalue weighted by Gasteiger charge is 2.40. The molecule has 4 rings (SSSR count). The quantitative estimate of drug-likeness (QED) is 0.629. The number of rotatable bonds is 5. The zero-order valence-electron chi connectivity index (χ0n) is 18.0. The minimum atomic E-state index is -0.448. The largest absolute Gasteiger partial charge is 0.353 e. The molecule has 1 fully saturated rings. The van der Waals surface area contributed by atoms with E-state index < -0.39 is 11.2 Å². The number of hydrogen-bond donors (Lipinski definition) is 1. The fourth-order valence-electron chi connectivity index (χ4n) is 4.41. The predicted octanol–water partition coefficient (Wildman–Crippen LogP) is 5.68. The van der Waals surface area contributed by atoms with Gasteiger partial charge in [-0.15, -0.1) is 11.8 Å². The highest BCUT2D eigenvalue weighted by Crippen LogP contribution is 2.42. The van der Waals surface area contributed by atoms with Crippen molar-refractivity contribution in [3.05, 3.63) is 59.1 Å². The molecule has 2 amide bonds. The van der Waals surface area contributed by atoms with Gasteiger partial charge in [-0.25, -0.2) is 0 Å². The van der Waals surface area contributed by atoms with Crippen LogP contribution in [-0.2, 0) is 16.1 Å². The number of nitrogens with one attached hydrogen (secondary N) is 1. The standard InChI is InChI=1S/C25H29ClN2O2S/c1-16-10-12-20(13-11-16)27-24(29)17(2)23-25(30)28(15-18-6-5-7-19(26)14-18)21-8-3-4-9-22(21)31-23/h3-9,14,16-17,20,23H,10-13,15H2,1-2H3,(H,27,29)/t16?,17-,20?,23+/m1/s1. The summed E-state index contributed by atoms with van der Waals surface area (Å²) in [5.74, 6) is 0.278. The molecule has 1 aliphatic carbocycles. The van der Waals surface area contributed by atoms with E-state index in [-0.39, 0.29) is 17.9 Å². The van der Waals surface area contributed by atoms with Crippen LogP contribution < -0.4 is 10.2 Å². The van der Waals surface area contributed by atoms with Gasteiger partial charge >= 0.3 is 0 Å². The van der Waals surface area contributed by atoms with Crippen LogP contribution in [0.3, 0.4) is 0 Å². The Kier molecular flexibility index (Phi) is 6.92. The summed E-state index contributed by atoms with van der Waals surface area (Å²) >= 11 is 7.66. The second-order valence-corrected chi connectivity index (χ2v) is 10.4. The lowest BCUT2D eigenvalue weighted by Gasteiger charge is -2.36. The van der Waals surface area contributed by atoms with Crippen LogP contribution in [0.2, 0.25) is 5.02 Å². The van der Waals surface area contributed by atoms with Gasteiger partial charge in [-0.1, -0.05) is 49.7 Å². The Morgan fingerprint density at radius 2 is 1.90 bits per heavy atom. The molecule has 0 unspecified atom stereocenters. The first kappa shape index (κ1) is 22.2. The van der Waals surface area contributed by atoms with Gasteiger partial charge in [0.2, 0.25) is 11.8 Å². The smallest absolute Gasteiger partial charge is 0.241 e. The van der Waals surface area contributed by atoms with Crippen LogP contribution in [0.25, 0.3) is 0 Å². The molecule has 0 spiro atoms. The number of benzene rings is 2. The Morgan fingerprint density at radius 1 is 1.16 bits per heavy atom. The summed E-state index contributed by atoms with van der Waals surface area (Å²) in [6.45, 7) is 4.58. The number of hydrogen-bond acceptors (Lipinski definition) is 3. The van der Waals surface area contributed by atoms with E-state index in [1.54, 1.807) is 4.90 Å². The van der Waals surface area contributed by atoms with Crippen molar-refractivity contribution in [2.75, 3.05) is 4.90 Å². The summed E-state index contributed by atoms with van der Waals surface area (Å²) in [5.41, 5.74) is 1.86. The third kappa shape index (κ3) is 5.09. The Hall–Kier alpha value is -1.98. The van der Waals surface area contributed by atoms with Gasteiger partial charge in [0.25, 0.3) is 0 Å². The van der Waals surface area contributed by atoms with Gasteiger partial charge in [0.15, 0.2) is 0 Å². The minimum absolute atomic E-state index is 0.0208. The maximum atomic E-state index is 13.6. The highest BCUT2D eigenvalue weighted by molar-refractivity contribution is 8.01. The van der Waals surface area contributed by atoms with E-state index in [1.165, 1.54) is 11.8 Å². The molecule has 31 heavy (non-hydrogen) atoms. The van der Waals surface area contributed by atoms with Gasteiger partial charge < -0.3 is 10.2 Å². The van der Waals surface area contributed by atoms with Crippen molar-refractivity contribution in [1.29, 1.82) is 0 Å². The molecule has 2 aliphatic rings. The lowest BCUT2D eigenvalue weighted by Crippen LogP contribution is -2.49. The topological polar surface area (TPSA) is 49.4 Å². The molecular formula is C25H29ClN2O2S. The maximum absolute atomic E-state index is 13.6. The van der Waals surface area contributed by atoms with E-state index in [2.05, 4.69) is 12.2 Å². The van der Waals surface area contributed by atoms with E-state index in [0.29, 0.717) is 11.6 Å². The van der Waals surface area contributed by atoms with E-state index in [1.807, 2.05) is 55.5 Å².